The maximum Gasteiger partial charge on any atom is 0.168 e. The standard InChI is InChI=1S/C11H10N2S3/c1-15-10-7-9(12)13(11(14)16-10)8-5-3-2-4-6-8/h2-7,12H,1H3. The van der Waals surface area contributed by atoms with Crippen molar-refractivity contribution in [1.82, 2.24) is 4.57 Å². The zero-order valence-electron chi connectivity index (χ0n) is 8.64. The van der Waals surface area contributed by atoms with Gasteiger partial charge in [0.05, 0.1) is 4.21 Å². The minimum atomic E-state index is 0.430. The first kappa shape index (κ1) is 11.6. The maximum absolute atomic E-state index is 7.98. The van der Waals surface area contributed by atoms with E-state index in [1.54, 1.807) is 16.3 Å². The first-order chi connectivity index (χ1) is 7.72. The van der Waals surface area contributed by atoms with Gasteiger partial charge in [0.2, 0.25) is 0 Å². The Balaban J connectivity index is 2.68. The predicted molar refractivity (Wildman–Crippen MR) is 72.1 cm³/mol. The number of nitrogens with one attached hydrogen (secondary N) is 1. The van der Waals surface area contributed by atoms with Gasteiger partial charge in [-0.1, -0.05) is 29.5 Å². The van der Waals surface area contributed by atoms with Crippen molar-refractivity contribution in [3.05, 3.63) is 45.8 Å². The van der Waals surface area contributed by atoms with Gasteiger partial charge in [0.1, 0.15) is 5.49 Å². The highest BCUT2D eigenvalue weighted by atomic mass is 32.2. The van der Waals surface area contributed by atoms with Gasteiger partial charge < -0.3 is 0 Å². The highest BCUT2D eigenvalue weighted by molar-refractivity contribution is 8.00. The lowest BCUT2D eigenvalue weighted by Crippen LogP contribution is -2.17. The van der Waals surface area contributed by atoms with Gasteiger partial charge in [0, 0.05) is 11.8 Å². The molecule has 0 aliphatic heterocycles. The molecule has 82 valence electrons. The van der Waals surface area contributed by atoms with Gasteiger partial charge in [-0.05, 0) is 30.6 Å². The van der Waals surface area contributed by atoms with Crippen LogP contribution in [0.1, 0.15) is 0 Å². The number of rotatable bonds is 2. The van der Waals surface area contributed by atoms with Crippen LogP contribution in [0, 0.1) is 9.36 Å². The average Bonchev–Trinajstić information content (AvgIpc) is 2.29. The Morgan fingerprint density at radius 3 is 2.56 bits per heavy atom. The summed E-state index contributed by atoms with van der Waals surface area (Å²) in [5.41, 5.74) is 1.38. The molecule has 0 spiro atoms. The molecule has 0 fully saturated rings. The van der Waals surface area contributed by atoms with E-state index in [4.69, 9.17) is 17.6 Å². The molecule has 0 aliphatic rings. The van der Waals surface area contributed by atoms with Crippen LogP contribution in [0.3, 0.4) is 0 Å². The van der Waals surface area contributed by atoms with Crippen molar-refractivity contribution >= 4 is 35.3 Å². The number of para-hydroxylation sites is 1. The van der Waals surface area contributed by atoms with E-state index in [1.165, 1.54) is 11.3 Å². The summed E-state index contributed by atoms with van der Waals surface area (Å²) >= 11 is 8.48. The first-order valence-electron chi connectivity index (χ1n) is 4.63. The highest BCUT2D eigenvalue weighted by Gasteiger charge is 2.01. The summed E-state index contributed by atoms with van der Waals surface area (Å²) < 4.78 is 3.56. The molecular formula is C11H10N2S3. The molecule has 1 aromatic carbocycles. The van der Waals surface area contributed by atoms with E-state index < -0.39 is 0 Å². The molecule has 2 nitrogen and oxygen atoms in total. The van der Waals surface area contributed by atoms with Gasteiger partial charge in [-0.3, -0.25) is 9.98 Å². The van der Waals surface area contributed by atoms with Crippen LogP contribution < -0.4 is 5.49 Å². The second kappa shape index (κ2) is 4.95. The Bertz CT molecular complexity index is 567. The Labute approximate surface area is 107 Å². The molecule has 0 saturated carbocycles. The molecular weight excluding hydrogens is 256 g/mol. The van der Waals surface area contributed by atoms with Gasteiger partial charge >= 0.3 is 0 Å². The van der Waals surface area contributed by atoms with Crippen LogP contribution in [0.5, 0.6) is 0 Å². The largest absolute Gasteiger partial charge is 0.284 e. The number of benzene rings is 1. The van der Waals surface area contributed by atoms with Crippen molar-refractivity contribution in [3.63, 3.8) is 0 Å². The molecule has 1 aromatic heterocycles. The Hall–Kier alpha value is -0.910. The second-order valence-electron chi connectivity index (χ2n) is 3.09. The molecule has 1 N–H and O–H groups in total. The summed E-state index contributed by atoms with van der Waals surface area (Å²) in [5, 5.41) is 7.98. The molecule has 5 heteroatoms. The SMILES string of the molecule is CSc1cc(=N)n(-c2ccccc2)c(=S)s1. The zero-order chi connectivity index (χ0) is 11.5. The van der Waals surface area contributed by atoms with Crippen LogP contribution in [-0.4, -0.2) is 10.8 Å². The molecule has 0 atom stereocenters. The van der Waals surface area contributed by atoms with Crippen LogP contribution in [-0.2, 0) is 0 Å². The molecule has 0 saturated heterocycles. The van der Waals surface area contributed by atoms with E-state index in [0.29, 0.717) is 9.44 Å². The van der Waals surface area contributed by atoms with Crippen molar-refractivity contribution < 1.29 is 0 Å². The van der Waals surface area contributed by atoms with E-state index in [-0.39, 0.29) is 0 Å². The van der Waals surface area contributed by atoms with Crippen LogP contribution in [0.15, 0.2) is 40.6 Å². The highest BCUT2D eigenvalue weighted by Crippen LogP contribution is 2.19. The fourth-order valence-electron chi connectivity index (χ4n) is 1.36. The molecule has 0 amide bonds. The number of nitrogens with zero attached hydrogens (tertiary/aromatic N) is 1. The summed E-state index contributed by atoms with van der Waals surface area (Å²) in [7, 11) is 0. The predicted octanol–water partition coefficient (Wildman–Crippen LogP) is 3.47. The van der Waals surface area contributed by atoms with E-state index in [2.05, 4.69) is 0 Å². The monoisotopic (exact) mass is 266 g/mol. The number of hydrogen-bond donors (Lipinski definition) is 1. The third-order valence-electron chi connectivity index (χ3n) is 2.08. The Morgan fingerprint density at radius 1 is 1.31 bits per heavy atom. The molecule has 1 heterocycles. The number of thioether (sulfide) groups is 1. The van der Waals surface area contributed by atoms with Gasteiger partial charge in [-0.2, -0.15) is 0 Å². The van der Waals surface area contributed by atoms with Crippen molar-refractivity contribution in [1.29, 1.82) is 5.41 Å². The molecule has 16 heavy (non-hydrogen) atoms. The molecule has 0 radical (unpaired) electrons. The van der Waals surface area contributed by atoms with Crippen LogP contribution in [0.25, 0.3) is 5.69 Å². The lowest BCUT2D eigenvalue weighted by Gasteiger charge is -2.07. The van der Waals surface area contributed by atoms with Crippen LogP contribution in [0.4, 0.5) is 0 Å². The van der Waals surface area contributed by atoms with E-state index >= 15 is 0 Å². The van der Waals surface area contributed by atoms with Crippen molar-refractivity contribution in [2.75, 3.05) is 6.26 Å². The topological polar surface area (TPSA) is 28.8 Å². The third-order valence-corrected chi connectivity index (χ3v) is 4.46. The molecule has 0 unspecified atom stereocenters. The van der Waals surface area contributed by atoms with Crippen LogP contribution >= 0.6 is 35.3 Å². The minimum Gasteiger partial charge on any atom is -0.284 e. The molecule has 0 bridgehead atoms. The lowest BCUT2D eigenvalue weighted by atomic mass is 10.3. The van der Waals surface area contributed by atoms with Gasteiger partial charge in [-0.15, -0.1) is 11.8 Å². The maximum atomic E-state index is 7.98. The second-order valence-corrected chi connectivity index (χ2v) is 5.87. The smallest absolute Gasteiger partial charge is 0.168 e. The van der Waals surface area contributed by atoms with Crippen LogP contribution in [0.2, 0.25) is 0 Å². The first-order valence-corrected chi connectivity index (χ1v) is 7.08. The molecule has 2 rings (SSSR count). The zero-order valence-corrected chi connectivity index (χ0v) is 11.1. The van der Waals surface area contributed by atoms with E-state index in [0.717, 1.165) is 9.90 Å². The third kappa shape index (κ3) is 2.26. The van der Waals surface area contributed by atoms with Crippen molar-refractivity contribution in [2.24, 2.45) is 0 Å². The van der Waals surface area contributed by atoms with E-state index in [1.807, 2.05) is 42.7 Å². The Morgan fingerprint density at radius 2 is 2.00 bits per heavy atom. The summed E-state index contributed by atoms with van der Waals surface area (Å²) in [5.74, 6) is 0. The fourth-order valence-corrected chi connectivity index (χ4v) is 3.43. The summed E-state index contributed by atoms with van der Waals surface area (Å²) in [6.45, 7) is 0. The van der Waals surface area contributed by atoms with Gasteiger partial charge in [-0.25, -0.2) is 0 Å². The van der Waals surface area contributed by atoms with Gasteiger partial charge in [0.15, 0.2) is 3.95 Å². The van der Waals surface area contributed by atoms with Gasteiger partial charge in [0.25, 0.3) is 0 Å². The van der Waals surface area contributed by atoms with Crippen molar-refractivity contribution in [3.8, 4) is 5.69 Å². The van der Waals surface area contributed by atoms with E-state index in [9.17, 15) is 0 Å². The number of hydrogen-bond acceptors (Lipinski definition) is 4. The fraction of sp³-hybridized carbons (Fsp3) is 0.0909. The number of aromatic nitrogens is 1. The quantitative estimate of drug-likeness (QED) is 0.666. The normalized spacial score (nSPS) is 10.3. The van der Waals surface area contributed by atoms with Crippen molar-refractivity contribution in [2.45, 2.75) is 4.21 Å². The summed E-state index contributed by atoms with van der Waals surface area (Å²) in [6.07, 6.45) is 1.99. The summed E-state index contributed by atoms with van der Waals surface area (Å²) in [6, 6.07) is 11.6. The minimum absolute atomic E-state index is 0.430. The average molecular weight is 266 g/mol. The molecule has 0 aliphatic carbocycles. The lowest BCUT2D eigenvalue weighted by molar-refractivity contribution is 0.924. The summed E-state index contributed by atoms with van der Waals surface area (Å²) in [4.78, 5) is 0. The molecule has 2 aromatic rings. The Kier molecular flexibility index (Phi) is 3.58.